The summed E-state index contributed by atoms with van der Waals surface area (Å²) in [5.41, 5.74) is 1.98. The van der Waals surface area contributed by atoms with Crippen LogP contribution in [-0.4, -0.2) is 30.5 Å². The molecule has 0 spiro atoms. The van der Waals surface area contributed by atoms with Gasteiger partial charge in [-0.05, 0) is 31.5 Å². The van der Waals surface area contributed by atoms with Crippen LogP contribution in [0.25, 0.3) is 0 Å². The van der Waals surface area contributed by atoms with Crippen molar-refractivity contribution in [1.29, 1.82) is 0 Å². The highest BCUT2D eigenvalue weighted by Gasteiger charge is 2.22. The van der Waals surface area contributed by atoms with E-state index in [2.05, 4.69) is 4.98 Å². The summed E-state index contributed by atoms with van der Waals surface area (Å²) in [6.45, 7) is 3.35. The standard InChI is InChI=1S/C16H17NO4/c1-10-14(16(19)20-3)11(2)17-15(10)13(18)9-21-12-7-5-4-6-8-12/h4-8,17H,9H2,1-3H3. The zero-order valence-electron chi connectivity index (χ0n) is 12.2. The maximum absolute atomic E-state index is 12.2. The summed E-state index contributed by atoms with van der Waals surface area (Å²) < 4.78 is 10.1. The van der Waals surface area contributed by atoms with Crippen LogP contribution >= 0.6 is 0 Å². The molecule has 0 bridgehead atoms. The van der Waals surface area contributed by atoms with Gasteiger partial charge in [0.05, 0.1) is 18.4 Å². The third-order valence-corrected chi connectivity index (χ3v) is 3.22. The lowest BCUT2D eigenvalue weighted by Gasteiger charge is -2.05. The number of ketones is 1. The molecule has 0 aliphatic carbocycles. The van der Waals surface area contributed by atoms with Gasteiger partial charge in [-0.1, -0.05) is 18.2 Å². The molecule has 5 nitrogen and oxygen atoms in total. The topological polar surface area (TPSA) is 68.4 Å². The maximum Gasteiger partial charge on any atom is 0.339 e. The van der Waals surface area contributed by atoms with E-state index in [1.54, 1.807) is 26.0 Å². The molecular formula is C16H17NO4. The van der Waals surface area contributed by atoms with Gasteiger partial charge in [0.25, 0.3) is 0 Å². The Bertz CT molecular complexity index is 658. The van der Waals surface area contributed by atoms with E-state index in [9.17, 15) is 9.59 Å². The number of rotatable bonds is 5. The Labute approximate surface area is 122 Å². The minimum Gasteiger partial charge on any atom is -0.485 e. The van der Waals surface area contributed by atoms with Crippen LogP contribution in [0.5, 0.6) is 5.75 Å². The second-order valence-electron chi connectivity index (χ2n) is 4.64. The Morgan fingerprint density at radius 2 is 1.81 bits per heavy atom. The van der Waals surface area contributed by atoms with Gasteiger partial charge in [-0.3, -0.25) is 4.79 Å². The van der Waals surface area contributed by atoms with E-state index in [0.29, 0.717) is 28.3 Å². The van der Waals surface area contributed by atoms with Crippen LogP contribution < -0.4 is 4.74 Å². The number of hydrogen-bond acceptors (Lipinski definition) is 4. The molecule has 1 heterocycles. The summed E-state index contributed by atoms with van der Waals surface area (Å²) in [6.07, 6.45) is 0. The summed E-state index contributed by atoms with van der Waals surface area (Å²) in [5, 5.41) is 0. The molecule has 1 aromatic heterocycles. The molecular weight excluding hydrogens is 270 g/mol. The quantitative estimate of drug-likeness (QED) is 0.678. The smallest absolute Gasteiger partial charge is 0.339 e. The molecule has 0 amide bonds. The molecule has 0 aliphatic rings. The summed E-state index contributed by atoms with van der Waals surface area (Å²) in [7, 11) is 1.31. The average molecular weight is 287 g/mol. The van der Waals surface area contributed by atoms with E-state index >= 15 is 0 Å². The second kappa shape index (κ2) is 6.26. The fourth-order valence-electron chi connectivity index (χ4n) is 2.17. The number of aromatic nitrogens is 1. The van der Waals surface area contributed by atoms with Crippen molar-refractivity contribution in [2.75, 3.05) is 13.7 Å². The first-order valence-electron chi connectivity index (χ1n) is 6.53. The van der Waals surface area contributed by atoms with Crippen LogP contribution in [0.15, 0.2) is 30.3 Å². The van der Waals surface area contributed by atoms with Crippen LogP contribution in [0, 0.1) is 13.8 Å². The van der Waals surface area contributed by atoms with E-state index < -0.39 is 5.97 Å². The Balaban J connectivity index is 2.15. The van der Waals surface area contributed by atoms with Gasteiger partial charge < -0.3 is 14.5 Å². The number of esters is 1. The van der Waals surface area contributed by atoms with Gasteiger partial charge in [0.1, 0.15) is 5.75 Å². The van der Waals surface area contributed by atoms with Gasteiger partial charge in [0.2, 0.25) is 5.78 Å². The molecule has 5 heteroatoms. The number of methoxy groups -OCH3 is 1. The predicted octanol–water partition coefficient (Wildman–Crippen LogP) is 2.68. The first kappa shape index (κ1) is 14.8. The number of benzene rings is 1. The minimum atomic E-state index is -0.454. The second-order valence-corrected chi connectivity index (χ2v) is 4.64. The van der Waals surface area contributed by atoms with Gasteiger partial charge in [0.15, 0.2) is 6.61 Å². The van der Waals surface area contributed by atoms with Crippen molar-refractivity contribution in [2.24, 2.45) is 0 Å². The van der Waals surface area contributed by atoms with Crippen LogP contribution in [0.1, 0.15) is 32.1 Å². The third-order valence-electron chi connectivity index (χ3n) is 3.22. The zero-order chi connectivity index (χ0) is 15.4. The van der Waals surface area contributed by atoms with Gasteiger partial charge in [-0.15, -0.1) is 0 Å². The van der Waals surface area contributed by atoms with E-state index in [4.69, 9.17) is 9.47 Å². The van der Waals surface area contributed by atoms with Crippen LogP contribution in [-0.2, 0) is 4.74 Å². The molecule has 1 aromatic carbocycles. The van der Waals surface area contributed by atoms with Crippen LogP contribution in [0.4, 0.5) is 0 Å². The molecule has 1 N–H and O–H groups in total. The number of ether oxygens (including phenoxy) is 2. The molecule has 0 radical (unpaired) electrons. The lowest BCUT2D eigenvalue weighted by Crippen LogP contribution is -2.13. The van der Waals surface area contributed by atoms with Gasteiger partial charge in [-0.2, -0.15) is 0 Å². The van der Waals surface area contributed by atoms with Crippen molar-refractivity contribution in [1.82, 2.24) is 4.98 Å². The summed E-state index contributed by atoms with van der Waals surface area (Å²) >= 11 is 0. The predicted molar refractivity (Wildman–Crippen MR) is 77.9 cm³/mol. The molecule has 2 aromatic rings. The normalized spacial score (nSPS) is 10.2. The maximum atomic E-state index is 12.2. The van der Waals surface area contributed by atoms with E-state index in [1.165, 1.54) is 7.11 Å². The van der Waals surface area contributed by atoms with E-state index in [0.717, 1.165) is 0 Å². The molecule has 21 heavy (non-hydrogen) atoms. The Morgan fingerprint density at radius 1 is 1.14 bits per heavy atom. The number of H-pyrrole nitrogens is 1. The summed E-state index contributed by atoms with van der Waals surface area (Å²) in [6, 6.07) is 9.09. The van der Waals surface area contributed by atoms with Crippen molar-refractivity contribution in [3.8, 4) is 5.75 Å². The van der Waals surface area contributed by atoms with Crippen molar-refractivity contribution >= 4 is 11.8 Å². The van der Waals surface area contributed by atoms with Gasteiger partial charge in [-0.25, -0.2) is 4.79 Å². The number of para-hydroxylation sites is 1. The van der Waals surface area contributed by atoms with Crippen LogP contribution in [0.3, 0.4) is 0 Å². The van der Waals surface area contributed by atoms with Crippen molar-refractivity contribution in [3.63, 3.8) is 0 Å². The zero-order valence-corrected chi connectivity index (χ0v) is 12.2. The Morgan fingerprint density at radius 3 is 2.43 bits per heavy atom. The van der Waals surface area contributed by atoms with Crippen molar-refractivity contribution in [3.05, 3.63) is 52.8 Å². The number of carbonyl (C=O) groups excluding carboxylic acids is 2. The lowest BCUT2D eigenvalue weighted by molar-refractivity contribution is 0.0599. The largest absolute Gasteiger partial charge is 0.485 e. The highest BCUT2D eigenvalue weighted by Crippen LogP contribution is 2.19. The lowest BCUT2D eigenvalue weighted by atomic mass is 10.1. The summed E-state index contributed by atoms with van der Waals surface area (Å²) in [4.78, 5) is 26.8. The number of aromatic amines is 1. The Kier molecular flexibility index (Phi) is 4.42. The first-order valence-corrected chi connectivity index (χ1v) is 6.53. The van der Waals surface area contributed by atoms with E-state index in [-0.39, 0.29) is 12.4 Å². The molecule has 0 saturated carbocycles. The molecule has 110 valence electrons. The molecule has 0 aliphatic heterocycles. The highest BCUT2D eigenvalue weighted by molar-refractivity contribution is 6.02. The highest BCUT2D eigenvalue weighted by atomic mass is 16.5. The fraction of sp³-hybridized carbons (Fsp3) is 0.250. The van der Waals surface area contributed by atoms with Gasteiger partial charge >= 0.3 is 5.97 Å². The first-order chi connectivity index (χ1) is 10.0. The average Bonchev–Trinajstić information content (AvgIpc) is 2.80. The molecule has 0 unspecified atom stereocenters. The SMILES string of the molecule is COC(=O)c1c(C)[nH]c(C(=O)COc2ccccc2)c1C. The Hall–Kier alpha value is -2.56. The number of Topliss-reactive ketones (excluding diaryl/α,β-unsaturated/α-hetero) is 1. The number of aryl methyl sites for hydroxylation is 1. The minimum absolute atomic E-state index is 0.0918. The molecule has 0 saturated heterocycles. The monoisotopic (exact) mass is 287 g/mol. The van der Waals surface area contributed by atoms with Crippen molar-refractivity contribution in [2.45, 2.75) is 13.8 Å². The summed E-state index contributed by atoms with van der Waals surface area (Å²) in [5.74, 6) is -0.0427. The number of carbonyl (C=O) groups is 2. The van der Waals surface area contributed by atoms with Crippen molar-refractivity contribution < 1.29 is 19.1 Å². The molecule has 0 fully saturated rings. The van der Waals surface area contributed by atoms with Gasteiger partial charge in [0, 0.05) is 5.69 Å². The number of hydrogen-bond donors (Lipinski definition) is 1. The molecule has 2 rings (SSSR count). The fourth-order valence-corrected chi connectivity index (χ4v) is 2.17. The van der Waals surface area contributed by atoms with E-state index in [1.807, 2.05) is 18.2 Å². The number of nitrogens with one attached hydrogen (secondary N) is 1. The van der Waals surface area contributed by atoms with Crippen LogP contribution in [0.2, 0.25) is 0 Å². The molecule has 0 atom stereocenters. The third kappa shape index (κ3) is 3.13.